The minimum Gasteiger partial charge on any atom is -0.352 e. The van der Waals surface area contributed by atoms with Crippen molar-refractivity contribution in [3.05, 3.63) is 39.9 Å². The average Bonchev–Trinajstić information content (AvgIpc) is 2.90. The van der Waals surface area contributed by atoms with Gasteiger partial charge in [0.1, 0.15) is 0 Å². The number of nitrogens with two attached hydrogens (primary N) is 1. The smallest absolute Gasteiger partial charge is 0.251 e. The highest BCUT2D eigenvalue weighted by atomic mass is 79.9. The van der Waals surface area contributed by atoms with Crippen LogP contribution in [0.2, 0.25) is 0 Å². The van der Waals surface area contributed by atoms with Gasteiger partial charge in [0.25, 0.3) is 5.91 Å². The van der Waals surface area contributed by atoms with Gasteiger partial charge in [0, 0.05) is 16.6 Å². The van der Waals surface area contributed by atoms with Crippen molar-refractivity contribution in [3.8, 4) is 0 Å². The van der Waals surface area contributed by atoms with Crippen molar-refractivity contribution in [1.82, 2.24) is 5.32 Å². The van der Waals surface area contributed by atoms with Crippen LogP contribution in [0, 0.1) is 0 Å². The molecule has 1 aromatic rings. The molecule has 1 aliphatic rings. The number of halogens is 1. The summed E-state index contributed by atoms with van der Waals surface area (Å²) in [4.78, 5) is 12.0. The summed E-state index contributed by atoms with van der Waals surface area (Å²) in [5.74, 6) is -0.306. The van der Waals surface area contributed by atoms with Gasteiger partial charge in [-0.1, -0.05) is 27.6 Å². The molecule has 0 spiro atoms. The molecule has 1 amide bonds. The maximum absolute atomic E-state index is 12.1. The van der Waals surface area contributed by atoms with E-state index in [1.54, 1.807) is 6.07 Å². The van der Waals surface area contributed by atoms with E-state index in [1.165, 1.54) is 24.1 Å². The molecule has 0 heterocycles. The molecule has 0 bridgehead atoms. The molecule has 0 aromatic heterocycles. The zero-order valence-corrected chi connectivity index (χ0v) is 13.8. The van der Waals surface area contributed by atoms with Crippen molar-refractivity contribution < 1.29 is 13.2 Å². The first kappa shape index (κ1) is 16.2. The third kappa shape index (κ3) is 4.66. The second-order valence-electron chi connectivity index (χ2n) is 4.98. The fourth-order valence-electron chi connectivity index (χ4n) is 2.26. The fraction of sp³-hybridized carbons (Fsp3) is 0.357. The van der Waals surface area contributed by atoms with Crippen LogP contribution in [0.4, 0.5) is 0 Å². The van der Waals surface area contributed by atoms with Crippen molar-refractivity contribution >= 4 is 31.9 Å². The predicted molar refractivity (Wildman–Crippen MR) is 84.4 cm³/mol. The molecule has 0 fully saturated rings. The Morgan fingerprint density at radius 2 is 2.10 bits per heavy atom. The number of carbonyl (C=O) groups is 1. The van der Waals surface area contributed by atoms with E-state index in [4.69, 9.17) is 5.14 Å². The molecular weight excluding hydrogens is 356 g/mol. The summed E-state index contributed by atoms with van der Waals surface area (Å²) in [5, 5.41) is 7.89. The van der Waals surface area contributed by atoms with Gasteiger partial charge in [-0.2, -0.15) is 0 Å². The molecular formula is C14H17BrN2O3S. The zero-order chi connectivity index (χ0) is 15.5. The molecule has 0 saturated heterocycles. The Labute approximate surface area is 132 Å². The summed E-state index contributed by atoms with van der Waals surface area (Å²) in [7, 11) is -3.83. The topological polar surface area (TPSA) is 89.3 Å². The van der Waals surface area contributed by atoms with Gasteiger partial charge in [-0.25, -0.2) is 13.6 Å². The zero-order valence-electron chi connectivity index (χ0n) is 11.4. The van der Waals surface area contributed by atoms with Crippen LogP contribution in [0.1, 0.15) is 36.0 Å². The minimum absolute atomic E-state index is 0.0828. The third-order valence-corrected chi connectivity index (χ3v) is 4.68. The van der Waals surface area contributed by atoms with Crippen molar-refractivity contribution in [1.29, 1.82) is 0 Å². The quantitative estimate of drug-likeness (QED) is 0.777. The van der Waals surface area contributed by atoms with Gasteiger partial charge in [0.05, 0.1) is 4.90 Å². The van der Waals surface area contributed by atoms with Crippen LogP contribution in [0.3, 0.4) is 0 Å². The molecule has 1 aliphatic carbocycles. The number of primary sulfonamides is 1. The van der Waals surface area contributed by atoms with Crippen molar-refractivity contribution in [2.75, 3.05) is 6.54 Å². The van der Waals surface area contributed by atoms with E-state index >= 15 is 0 Å². The van der Waals surface area contributed by atoms with E-state index < -0.39 is 10.0 Å². The van der Waals surface area contributed by atoms with Gasteiger partial charge in [-0.3, -0.25) is 4.79 Å². The summed E-state index contributed by atoms with van der Waals surface area (Å²) in [5.41, 5.74) is 1.64. The Morgan fingerprint density at radius 3 is 2.71 bits per heavy atom. The fourth-order valence-corrected chi connectivity index (χ4v) is 3.49. The molecule has 0 radical (unpaired) electrons. The molecule has 1 aromatic carbocycles. The number of rotatable bonds is 5. The number of benzene rings is 1. The molecule has 0 saturated carbocycles. The van der Waals surface area contributed by atoms with Crippen LogP contribution >= 0.6 is 15.9 Å². The lowest BCUT2D eigenvalue weighted by Gasteiger charge is -2.08. The highest BCUT2D eigenvalue weighted by molar-refractivity contribution is 9.10. The van der Waals surface area contributed by atoms with Gasteiger partial charge in [-0.05, 0) is 43.9 Å². The molecule has 7 heteroatoms. The van der Waals surface area contributed by atoms with E-state index in [0.29, 0.717) is 11.0 Å². The average molecular weight is 373 g/mol. The lowest BCUT2D eigenvalue weighted by molar-refractivity contribution is 0.0954. The first-order valence-corrected chi connectivity index (χ1v) is 9.00. The molecule has 0 unspecified atom stereocenters. The Hall–Kier alpha value is -1.18. The summed E-state index contributed by atoms with van der Waals surface area (Å²) in [6.45, 7) is 0.544. The first-order chi connectivity index (χ1) is 9.86. The molecule has 21 heavy (non-hydrogen) atoms. The maximum atomic E-state index is 12.1. The molecule has 5 nitrogen and oxygen atoms in total. The van der Waals surface area contributed by atoms with Gasteiger partial charge < -0.3 is 5.32 Å². The van der Waals surface area contributed by atoms with E-state index in [9.17, 15) is 13.2 Å². The molecule has 0 aliphatic heterocycles. The SMILES string of the molecule is NS(=O)(=O)c1cc(Br)cc(C(=O)NCCC2=CCCC2)c1. The maximum Gasteiger partial charge on any atom is 0.251 e. The Balaban J connectivity index is 2.03. The highest BCUT2D eigenvalue weighted by Crippen LogP contribution is 2.20. The number of allylic oxidation sites excluding steroid dienone is 1. The number of hydrogen-bond acceptors (Lipinski definition) is 3. The van der Waals surface area contributed by atoms with E-state index in [1.807, 2.05) is 0 Å². The molecule has 114 valence electrons. The first-order valence-electron chi connectivity index (χ1n) is 6.66. The normalized spacial score (nSPS) is 14.9. The molecule has 2 rings (SSSR count). The Kier molecular flexibility index (Phi) is 5.18. The third-order valence-electron chi connectivity index (χ3n) is 3.33. The van der Waals surface area contributed by atoms with Crippen LogP contribution in [-0.2, 0) is 10.0 Å². The van der Waals surface area contributed by atoms with Crippen LogP contribution in [-0.4, -0.2) is 20.9 Å². The number of amides is 1. The standard InChI is InChI=1S/C14H17BrN2O3S/c15-12-7-11(8-13(9-12)21(16,19)20)14(18)17-6-5-10-3-1-2-4-10/h3,7-9H,1-2,4-6H2,(H,17,18)(H2,16,19,20). The molecule has 3 N–H and O–H groups in total. The summed E-state index contributed by atoms with van der Waals surface area (Å²) < 4.78 is 23.2. The van der Waals surface area contributed by atoms with Crippen LogP contribution in [0.5, 0.6) is 0 Å². The summed E-state index contributed by atoms with van der Waals surface area (Å²) in [6.07, 6.45) is 6.45. The van der Waals surface area contributed by atoms with Crippen LogP contribution < -0.4 is 10.5 Å². The molecule has 0 atom stereocenters. The number of hydrogen-bond donors (Lipinski definition) is 2. The van der Waals surface area contributed by atoms with Gasteiger partial charge >= 0.3 is 0 Å². The monoisotopic (exact) mass is 372 g/mol. The van der Waals surface area contributed by atoms with E-state index in [2.05, 4.69) is 27.3 Å². The van der Waals surface area contributed by atoms with E-state index in [-0.39, 0.29) is 16.4 Å². The lowest BCUT2D eigenvalue weighted by Crippen LogP contribution is -2.25. The summed E-state index contributed by atoms with van der Waals surface area (Å²) >= 11 is 3.19. The van der Waals surface area contributed by atoms with E-state index in [0.717, 1.165) is 19.3 Å². The minimum atomic E-state index is -3.83. The van der Waals surface area contributed by atoms with Gasteiger partial charge in [-0.15, -0.1) is 0 Å². The predicted octanol–water partition coefficient (Wildman–Crippen LogP) is 2.33. The lowest BCUT2D eigenvalue weighted by atomic mass is 10.1. The van der Waals surface area contributed by atoms with Gasteiger partial charge in [0.2, 0.25) is 10.0 Å². The Bertz CT molecular complexity index is 683. The second kappa shape index (κ2) is 6.72. The van der Waals surface area contributed by atoms with Gasteiger partial charge in [0.15, 0.2) is 0 Å². The van der Waals surface area contributed by atoms with Crippen molar-refractivity contribution in [2.24, 2.45) is 5.14 Å². The van der Waals surface area contributed by atoms with Crippen LogP contribution in [0.15, 0.2) is 39.2 Å². The number of nitrogens with one attached hydrogen (secondary N) is 1. The second-order valence-corrected chi connectivity index (χ2v) is 7.46. The number of sulfonamides is 1. The van der Waals surface area contributed by atoms with Crippen molar-refractivity contribution in [2.45, 2.75) is 30.6 Å². The highest BCUT2D eigenvalue weighted by Gasteiger charge is 2.14. The largest absolute Gasteiger partial charge is 0.352 e. The van der Waals surface area contributed by atoms with Crippen LogP contribution in [0.25, 0.3) is 0 Å². The van der Waals surface area contributed by atoms with Crippen molar-refractivity contribution in [3.63, 3.8) is 0 Å². The number of carbonyl (C=O) groups excluding carboxylic acids is 1. The summed E-state index contributed by atoms with van der Waals surface area (Å²) in [6, 6.07) is 4.22. The Morgan fingerprint density at radius 1 is 1.33 bits per heavy atom.